The third-order valence-corrected chi connectivity index (χ3v) is 4.90. The Bertz CT molecular complexity index is 507. The molecule has 5 nitrogen and oxygen atoms in total. The van der Waals surface area contributed by atoms with Gasteiger partial charge in [-0.3, -0.25) is 0 Å². The van der Waals surface area contributed by atoms with E-state index in [4.69, 9.17) is 0 Å². The summed E-state index contributed by atoms with van der Waals surface area (Å²) in [5, 5.41) is 9.97. The second kappa shape index (κ2) is 6.00. The lowest BCUT2D eigenvalue weighted by Gasteiger charge is -2.18. The summed E-state index contributed by atoms with van der Waals surface area (Å²) < 4.78 is 27.7. The van der Waals surface area contributed by atoms with Gasteiger partial charge in [-0.25, -0.2) is 0 Å². The van der Waals surface area contributed by atoms with E-state index in [9.17, 15) is 13.5 Å². The molecule has 0 amide bonds. The van der Waals surface area contributed by atoms with E-state index in [2.05, 4.69) is 4.72 Å². The number of benzene rings is 1. The summed E-state index contributed by atoms with van der Waals surface area (Å²) in [5.41, 5.74) is 1.82. The second-order valence-corrected chi connectivity index (χ2v) is 6.64. The maximum absolute atomic E-state index is 11.9. The quantitative estimate of drug-likeness (QED) is 0.846. The fourth-order valence-corrected chi connectivity index (χ4v) is 3.40. The Kier molecular flexibility index (Phi) is 4.57. The van der Waals surface area contributed by atoms with Gasteiger partial charge in [-0.1, -0.05) is 29.8 Å². The van der Waals surface area contributed by atoms with Crippen molar-refractivity contribution in [2.45, 2.75) is 25.9 Å². The van der Waals surface area contributed by atoms with Gasteiger partial charge in [0.2, 0.25) is 0 Å². The zero-order chi connectivity index (χ0) is 13.9. The lowest BCUT2D eigenvalue weighted by Crippen LogP contribution is -2.40. The van der Waals surface area contributed by atoms with Gasteiger partial charge < -0.3 is 5.11 Å². The molecule has 0 radical (unpaired) electrons. The van der Waals surface area contributed by atoms with Crippen LogP contribution in [0.1, 0.15) is 30.1 Å². The first kappa shape index (κ1) is 14.5. The predicted octanol–water partition coefficient (Wildman–Crippen LogP) is 0.959. The Morgan fingerprint density at radius 1 is 1.26 bits per heavy atom. The monoisotopic (exact) mass is 284 g/mol. The van der Waals surface area contributed by atoms with E-state index in [0.717, 1.165) is 24.0 Å². The van der Waals surface area contributed by atoms with Crippen LogP contribution in [-0.2, 0) is 10.2 Å². The summed E-state index contributed by atoms with van der Waals surface area (Å²) in [6.07, 6.45) is 0.987. The summed E-state index contributed by atoms with van der Waals surface area (Å²) in [5.74, 6) is 0. The van der Waals surface area contributed by atoms with E-state index in [1.165, 1.54) is 4.31 Å². The maximum atomic E-state index is 11.9. The smallest absolute Gasteiger partial charge is 0.279 e. The zero-order valence-electron chi connectivity index (χ0n) is 11.0. The maximum Gasteiger partial charge on any atom is 0.279 e. The molecular formula is C13H20N2O3S. The molecule has 2 N–H and O–H groups in total. The molecule has 0 aliphatic carbocycles. The SMILES string of the molecule is Cc1ccc([C@@H](O)CNS(=O)(=O)N2CCCC2)cc1. The molecule has 2 rings (SSSR count). The predicted molar refractivity (Wildman–Crippen MR) is 73.9 cm³/mol. The van der Waals surface area contributed by atoms with Gasteiger partial charge in [0.05, 0.1) is 6.10 Å². The van der Waals surface area contributed by atoms with Crippen molar-refractivity contribution in [1.82, 2.24) is 9.03 Å². The van der Waals surface area contributed by atoms with E-state index in [0.29, 0.717) is 13.1 Å². The number of nitrogens with zero attached hydrogens (tertiary/aromatic N) is 1. The second-order valence-electron chi connectivity index (χ2n) is 4.89. The highest BCUT2D eigenvalue weighted by atomic mass is 32.2. The van der Waals surface area contributed by atoms with Crippen LogP contribution in [0.3, 0.4) is 0 Å². The van der Waals surface area contributed by atoms with E-state index in [-0.39, 0.29) is 6.54 Å². The Morgan fingerprint density at radius 3 is 2.42 bits per heavy atom. The molecule has 1 aliphatic rings. The van der Waals surface area contributed by atoms with Crippen molar-refractivity contribution < 1.29 is 13.5 Å². The summed E-state index contributed by atoms with van der Waals surface area (Å²) in [6, 6.07) is 7.41. The molecule has 1 aromatic carbocycles. The lowest BCUT2D eigenvalue weighted by atomic mass is 10.1. The molecule has 1 saturated heterocycles. The summed E-state index contributed by atoms with van der Waals surface area (Å²) in [4.78, 5) is 0. The number of hydrogen-bond acceptors (Lipinski definition) is 3. The first-order valence-corrected chi connectivity index (χ1v) is 7.92. The highest BCUT2D eigenvalue weighted by Gasteiger charge is 2.25. The molecule has 0 aromatic heterocycles. The van der Waals surface area contributed by atoms with E-state index in [1.807, 2.05) is 31.2 Å². The van der Waals surface area contributed by atoms with E-state index >= 15 is 0 Å². The van der Waals surface area contributed by atoms with Crippen molar-refractivity contribution in [3.8, 4) is 0 Å². The third kappa shape index (κ3) is 3.76. The highest BCUT2D eigenvalue weighted by Crippen LogP contribution is 2.15. The number of aliphatic hydroxyl groups is 1. The standard InChI is InChI=1S/C13H20N2O3S/c1-11-4-6-12(7-5-11)13(16)10-14-19(17,18)15-8-2-3-9-15/h4-7,13-14,16H,2-3,8-10H2,1H3/t13-/m0/s1. The fourth-order valence-electron chi connectivity index (χ4n) is 2.11. The minimum Gasteiger partial charge on any atom is -0.387 e. The first-order chi connectivity index (χ1) is 8.99. The van der Waals surface area contributed by atoms with Crippen LogP contribution < -0.4 is 4.72 Å². The molecule has 1 fully saturated rings. The van der Waals surface area contributed by atoms with Crippen LogP contribution in [0.5, 0.6) is 0 Å². The van der Waals surface area contributed by atoms with E-state index in [1.54, 1.807) is 0 Å². The largest absolute Gasteiger partial charge is 0.387 e. The molecular weight excluding hydrogens is 264 g/mol. The van der Waals surface area contributed by atoms with Gasteiger partial charge in [0.15, 0.2) is 0 Å². The Labute approximate surface area is 114 Å². The minimum absolute atomic E-state index is 0.00188. The number of hydrogen-bond donors (Lipinski definition) is 2. The molecule has 19 heavy (non-hydrogen) atoms. The van der Waals surface area contributed by atoms with Crippen molar-refractivity contribution in [1.29, 1.82) is 0 Å². The van der Waals surface area contributed by atoms with Crippen molar-refractivity contribution >= 4 is 10.2 Å². The minimum atomic E-state index is -3.45. The molecule has 1 heterocycles. The van der Waals surface area contributed by atoms with Crippen LogP contribution >= 0.6 is 0 Å². The summed E-state index contributed by atoms with van der Waals surface area (Å²) in [7, 11) is -3.45. The van der Waals surface area contributed by atoms with Crippen LogP contribution in [0.25, 0.3) is 0 Å². The van der Waals surface area contributed by atoms with Crippen LogP contribution in [0, 0.1) is 6.92 Å². The van der Waals surface area contributed by atoms with Crippen LogP contribution in [0.4, 0.5) is 0 Å². The van der Waals surface area contributed by atoms with Crippen molar-refractivity contribution in [3.05, 3.63) is 35.4 Å². The fraction of sp³-hybridized carbons (Fsp3) is 0.538. The molecule has 1 atom stereocenters. The van der Waals surface area contributed by atoms with Crippen LogP contribution in [0.2, 0.25) is 0 Å². The molecule has 0 bridgehead atoms. The number of aliphatic hydroxyl groups excluding tert-OH is 1. The average molecular weight is 284 g/mol. The van der Waals surface area contributed by atoms with Crippen molar-refractivity contribution in [3.63, 3.8) is 0 Å². The molecule has 1 aliphatic heterocycles. The van der Waals surface area contributed by atoms with Gasteiger partial charge in [0, 0.05) is 19.6 Å². The normalized spacial score (nSPS) is 18.6. The van der Waals surface area contributed by atoms with Crippen molar-refractivity contribution in [2.75, 3.05) is 19.6 Å². The molecule has 0 saturated carbocycles. The molecule has 0 spiro atoms. The Hall–Kier alpha value is -0.950. The topological polar surface area (TPSA) is 69.6 Å². The molecule has 6 heteroatoms. The first-order valence-electron chi connectivity index (χ1n) is 6.48. The summed E-state index contributed by atoms with van der Waals surface area (Å²) >= 11 is 0. The van der Waals surface area contributed by atoms with Gasteiger partial charge in [-0.2, -0.15) is 17.4 Å². The highest BCUT2D eigenvalue weighted by molar-refractivity contribution is 7.87. The van der Waals surface area contributed by atoms with Crippen molar-refractivity contribution in [2.24, 2.45) is 0 Å². The zero-order valence-corrected chi connectivity index (χ0v) is 11.9. The molecule has 106 valence electrons. The Morgan fingerprint density at radius 2 is 1.84 bits per heavy atom. The number of rotatable bonds is 5. The van der Waals surface area contributed by atoms with Gasteiger partial charge in [-0.05, 0) is 25.3 Å². The average Bonchev–Trinajstić information content (AvgIpc) is 2.91. The van der Waals surface area contributed by atoms with E-state index < -0.39 is 16.3 Å². The lowest BCUT2D eigenvalue weighted by molar-refractivity contribution is 0.181. The third-order valence-electron chi connectivity index (χ3n) is 3.33. The Balaban J connectivity index is 1.92. The molecule has 1 aromatic rings. The number of aryl methyl sites for hydroxylation is 1. The molecule has 0 unspecified atom stereocenters. The van der Waals surface area contributed by atoms with Gasteiger partial charge in [0.25, 0.3) is 10.2 Å². The van der Waals surface area contributed by atoms with Gasteiger partial charge >= 0.3 is 0 Å². The van der Waals surface area contributed by atoms with Crippen LogP contribution in [-0.4, -0.2) is 37.5 Å². The van der Waals surface area contributed by atoms with Crippen LogP contribution in [0.15, 0.2) is 24.3 Å². The summed E-state index contributed by atoms with van der Waals surface area (Å²) in [6.45, 7) is 3.10. The van der Waals surface area contributed by atoms with Gasteiger partial charge in [-0.15, -0.1) is 0 Å². The van der Waals surface area contributed by atoms with Gasteiger partial charge in [0.1, 0.15) is 0 Å². The number of nitrogens with one attached hydrogen (secondary N) is 1.